The Kier molecular flexibility index (Phi) is 13.5. The number of fused-ring (bicyclic) bond motifs is 4. The first-order valence-electron chi connectivity index (χ1n) is 18.5. The van der Waals surface area contributed by atoms with E-state index in [0.29, 0.717) is 18.7 Å². The van der Waals surface area contributed by atoms with E-state index in [9.17, 15) is 19.4 Å². The van der Waals surface area contributed by atoms with Crippen LogP contribution in [0.15, 0.2) is 29.7 Å². The van der Waals surface area contributed by atoms with E-state index in [1.54, 1.807) is 26.1 Å². The Morgan fingerprint density at radius 3 is 2.67 bits per heavy atom. The number of aromatic nitrogens is 6. The van der Waals surface area contributed by atoms with Crippen LogP contribution in [-0.4, -0.2) is 94.0 Å². The Bertz CT molecular complexity index is 2120. The number of nitrogens with zero attached hydrogens (tertiary/aromatic N) is 6. The predicted octanol–water partition coefficient (Wildman–Crippen LogP) is 5.69. The molecule has 9 atom stereocenters. The Hall–Kier alpha value is -2.64. The van der Waals surface area contributed by atoms with Gasteiger partial charge in [0.2, 0.25) is 11.9 Å². The average molecular weight is 886 g/mol. The first-order valence-corrected chi connectivity index (χ1v) is 26.7. The number of nitriles is 1. The molecule has 5 heterocycles. The maximum Gasteiger partial charge on any atom is 0.386 e. The predicted molar refractivity (Wildman–Crippen MR) is 218 cm³/mol. The van der Waals surface area contributed by atoms with E-state index in [-0.39, 0.29) is 66.3 Å². The smallest absolute Gasteiger partial charge is 0.386 e. The van der Waals surface area contributed by atoms with E-state index in [1.807, 2.05) is 0 Å². The van der Waals surface area contributed by atoms with Crippen LogP contribution in [-0.2, 0) is 52.9 Å². The number of thiol groups is 1. The quantitative estimate of drug-likeness (QED) is 0.0828. The van der Waals surface area contributed by atoms with Gasteiger partial charge in [0.15, 0.2) is 25.7 Å². The van der Waals surface area contributed by atoms with E-state index < -0.39 is 64.0 Å². The summed E-state index contributed by atoms with van der Waals surface area (Å²) in [6.45, 7) is 5.44. The van der Waals surface area contributed by atoms with Crippen molar-refractivity contribution in [2.24, 2.45) is 11.8 Å². The lowest BCUT2D eigenvalue weighted by Crippen LogP contribution is -2.50. The Labute approximate surface area is 341 Å². The number of amides is 1. The van der Waals surface area contributed by atoms with Crippen molar-refractivity contribution in [3.05, 3.63) is 35.3 Å². The molecule has 3 aliphatic rings. The molecule has 6 rings (SSSR count). The summed E-state index contributed by atoms with van der Waals surface area (Å²) in [6, 6.07) is 3.64. The molecule has 3 fully saturated rings. The maximum absolute atomic E-state index is 14.0. The summed E-state index contributed by atoms with van der Waals surface area (Å²) in [5.74, 6) is -0.635. The number of rotatable bonds is 10. The van der Waals surface area contributed by atoms with Gasteiger partial charge in [-0.2, -0.15) is 10.2 Å². The minimum atomic E-state index is -4.06. The van der Waals surface area contributed by atoms with Crippen LogP contribution in [0.5, 0.6) is 0 Å². The van der Waals surface area contributed by atoms with Crippen LogP contribution in [0.2, 0.25) is 18.1 Å². The molecule has 0 spiro atoms. The molecule has 19 nitrogen and oxygen atoms in total. The summed E-state index contributed by atoms with van der Waals surface area (Å²) in [5.41, 5.74) is -0.587. The SMILES string of the molecule is CC(C)C(=O)Nc1nc2c(ncn2[C@@H]2O[C@@H]3COP(=O)(S)O[C@H]4C[C@H](Nc5ccncn5)C[C@@H]4COP(=S)(OCCC#N)O[C@@H]2C3O[Si](C)(C)C(C)(C)C)c(=O)[nH]1. The molecule has 2 saturated heterocycles. The largest absolute Gasteiger partial charge is 0.408 e. The number of imidazole rings is 1. The van der Waals surface area contributed by atoms with Crippen molar-refractivity contribution in [3.63, 3.8) is 0 Å². The van der Waals surface area contributed by atoms with Crippen molar-refractivity contribution in [3.8, 4) is 6.07 Å². The first kappa shape index (κ1) is 43.9. The molecule has 1 amide bonds. The molecule has 24 heteroatoms. The van der Waals surface area contributed by atoms with Crippen molar-refractivity contribution in [2.45, 2.75) is 109 Å². The lowest BCUT2D eigenvalue weighted by atomic mass is 10.1. The van der Waals surface area contributed by atoms with Crippen molar-refractivity contribution in [2.75, 3.05) is 30.5 Å². The Morgan fingerprint density at radius 1 is 1.21 bits per heavy atom. The van der Waals surface area contributed by atoms with Crippen LogP contribution in [0, 0.1) is 23.2 Å². The van der Waals surface area contributed by atoms with Crippen LogP contribution in [0.4, 0.5) is 11.8 Å². The molecule has 312 valence electrons. The highest BCUT2D eigenvalue weighted by Crippen LogP contribution is 2.60. The fraction of sp³-hybridized carbons (Fsp3) is 0.667. The number of aromatic amines is 1. The van der Waals surface area contributed by atoms with E-state index in [1.165, 1.54) is 17.2 Å². The molecule has 1 saturated carbocycles. The molecule has 3 aromatic heterocycles. The van der Waals surface area contributed by atoms with Gasteiger partial charge in [-0.3, -0.25) is 38.0 Å². The van der Waals surface area contributed by atoms with Gasteiger partial charge in [0.05, 0.1) is 44.7 Å². The standard InChI is InChI=1S/C33H49N9O10P2S2Si/c1-19(2)29(43)40-32-39-28-25(30(44)41-32)37-18-42(28)31-27-26(52-57(6,7)33(3,4)5)23(49-31)16-47-53(45,55)50-22-14-21(38-24-9-11-35-17-36-24)13-20(22)15-48-54(56,51-27)46-12-8-10-34/h9,11,17-23,26-27,31H,8,12-16H2,1-7H3,(H,45,55)(H,35,36,38)(H2,39,40,41,43,44)/t20-,21-,22+,23-,26?,27-,31-,53?,54?/m1/s1. The normalized spacial score (nSPS) is 31.2. The van der Waals surface area contributed by atoms with Crippen LogP contribution in [0.25, 0.3) is 11.2 Å². The molecule has 57 heavy (non-hydrogen) atoms. The molecule has 2 aliphatic heterocycles. The monoisotopic (exact) mass is 885 g/mol. The molecule has 1 aliphatic carbocycles. The second-order valence-electron chi connectivity index (χ2n) is 15.9. The minimum Gasteiger partial charge on any atom is -0.408 e. The Morgan fingerprint density at radius 2 is 1.98 bits per heavy atom. The van der Waals surface area contributed by atoms with E-state index >= 15 is 0 Å². The number of carbonyl (C=O) groups is 1. The fourth-order valence-corrected chi connectivity index (χ4v) is 11.4. The molecule has 3 N–H and O–H groups in total. The second-order valence-corrected chi connectivity index (χ2v) is 26.5. The third kappa shape index (κ3) is 10.4. The highest BCUT2D eigenvalue weighted by molar-refractivity contribution is 8.44. The minimum absolute atomic E-state index is 0.00270. The van der Waals surface area contributed by atoms with Gasteiger partial charge in [-0.05, 0) is 48.8 Å². The number of hydrogen-bond acceptors (Lipinski definition) is 17. The van der Waals surface area contributed by atoms with E-state index in [4.69, 9.17) is 43.6 Å². The van der Waals surface area contributed by atoms with Gasteiger partial charge < -0.3 is 23.5 Å². The molecular formula is C33H49N9O10P2S2Si. The number of anilines is 2. The summed E-state index contributed by atoms with van der Waals surface area (Å²) in [4.78, 5) is 45.5. The van der Waals surface area contributed by atoms with Crippen molar-refractivity contribution in [1.82, 2.24) is 29.5 Å². The van der Waals surface area contributed by atoms with Gasteiger partial charge in [0, 0.05) is 24.1 Å². The molecule has 3 unspecified atom stereocenters. The van der Waals surface area contributed by atoms with Gasteiger partial charge in [0.25, 0.3) is 5.56 Å². The molecule has 0 aromatic carbocycles. The lowest BCUT2D eigenvalue weighted by molar-refractivity contribution is -0.118. The first-order chi connectivity index (χ1) is 26.8. The number of nitrogens with one attached hydrogen (secondary N) is 3. The maximum atomic E-state index is 14.0. The third-order valence-corrected chi connectivity index (χ3v) is 18.9. The molecule has 0 radical (unpaired) electrons. The zero-order valence-electron chi connectivity index (χ0n) is 32.7. The molecular weight excluding hydrogens is 837 g/mol. The van der Waals surface area contributed by atoms with Gasteiger partial charge in [0.1, 0.15) is 30.5 Å². The Balaban J connectivity index is 1.42. The van der Waals surface area contributed by atoms with Gasteiger partial charge in [-0.25, -0.2) is 19.5 Å². The summed E-state index contributed by atoms with van der Waals surface area (Å²) in [7, 11) is -2.66. The lowest BCUT2D eigenvalue weighted by Gasteiger charge is -2.41. The fourth-order valence-electron chi connectivity index (χ4n) is 6.37. The zero-order chi connectivity index (χ0) is 41.3. The number of carbonyl (C=O) groups excluding carboxylic acids is 1. The highest BCUT2D eigenvalue weighted by atomic mass is 32.7. The van der Waals surface area contributed by atoms with Gasteiger partial charge >= 0.3 is 13.5 Å². The second kappa shape index (κ2) is 17.5. The summed E-state index contributed by atoms with van der Waals surface area (Å²) in [6.07, 6.45) is 0.472. The van der Waals surface area contributed by atoms with Crippen LogP contribution < -0.4 is 16.2 Å². The van der Waals surface area contributed by atoms with E-state index in [0.717, 1.165) is 0 Å². The zero-order valence-corrected chi connectivity index (χ0v) is 37.2. The summed E-state index contributed by atoms with van der Waals surface area (Å²) in [5, 5.41) is 15.1. The van der Waals surface area contributed by atoms with Crippen LogP contribution >= 0.6 is 25.8 Å². The van der Waals surface area contributed by atoms with E-state index in [2.05, 4.69) is 87.7 Å². The summed E-state index contributed by atoms with van der Waals surface area (Å²) < 4.78 is 60.8. The number of ether oxygens (including phenoxy) is 1. The van der Waals surface area contributed by atoms with Crippen LogP contribution in [0.1, 0.15) is 60.1 Å². The average Bonchev–Trinajstić information content (AvgIpc) is 3.81. The topological polar surface area (TPSA) is 236 Å². The van der Waals surface area contributed by atoms with Crippen molar-refractivity contribution >= 4 is 74.7 Å². The van der Waals surface area contributed by atoms with Crippen molar-refractivity contribution < 1.29 is 41.1 Å². The van der Waals surface area contributed by atoms with Gasteiger partial charge in [-0.15, -0.1) is 0 Å². The van der Waals surface area contributed by atoms with Gasteiger partial charge in [-0.1, -0.05) is 46.9 Å². The third-order valence-electron chi connectivity index (χ3n) is 10.4. The number of hydrogen-bond donors (Lipinski definition) is 4. The highest BCUT2D eigenvalue weighted by Gasteiger charge is 2.55. The summed E-state index contributed by atoms with van der Waals surface area (Å²) >= 11 is 10.5. The molecule has 2 bridgehead atoms. The number of H-pyrrole nitrogens is 1. The van der Waals surface area contributed by atoms with Crippen LogP contribution in [0.3, 0.4) is 0 Å². The molecule has 3 aromatic rings. The van der Waals surface area contributed by atoms with Crippen molar-refractivity contribution in [1.29, 1.82) is 5.26 Å².